The third-order valence-corrected chi connectivity index (χ3v) is 3.16. The summed E-state index contributed by atoms with van der Waals surface area (Å²) in [6.07, 6.45) is 3.43. The van der Waals surface area contributed by atoms with Crippen LogP contribution in [0.1, 0.15) is 19.8 Å². The summed E-state index contributed by atoms with van der Waals surface area (Å²) in [5.74, 6) is 10.7. The molecule has 104 valence electrons. The van der Waals surface area contributed by atoms with Crippen LogP contribution in [0.15, 0.2) is 63.6 Å². The van der Waals surface area contributed by atoms with Gasteiger partial charge in [-0.3, -0.25) is 4.79 Å². The molecule has 1 aromatic carbocycles. The van der Waals surface area contributed by atoms with Crippen molar-refractivity contribution in [1.82, 2.24) is 0 Å². The van der Waals surface area contributed by atoms with Crippen LogP contribution in [0.5, 0.6) is 0 Å². The van der Waals surface area contributed by atoms with E-state index in [1.54, 1.807) is 12.1 Å². The molecule has 1 amide bonds. The topological polar surface area (TPSA) is 97.1 Å². The SMILES string of the molecule is CC1=CCCC(N=NN)=C1C(=O)N(N)c1ccccc1. The average molecular weight is 271 g/mol. The molecule has 0 saturated heterocycles. The number of nitrogens with zero attached hydrogens (tertiary/aromatic N) is 3. The van der Waals surface area contributed by atoms with E-state index >= 15 is 0 Å². The number of amides is 1. The molecule has 2 rings (SSSR count). The maximum atomic E-state index is 12.6. The van der Waals surface area contributed by atoms with Crippen LogP contribution < -0.4 is 16.7 Å². The number of benzene rings is 1. The van der Waals surface area contributed by atoms with Gasteiger partial charge in [-0.2, -0.15) is 0 Å². The Bertz CT molecular complexity index is 589. The second-order valence-electron chi connectivity index (χ2n) is 4.47. The molecule has 0 unspecified atom stereocenters. The minimum Gasteiger partial charge on any atom is -0.305 e. The van der Waals surface area contributed by atoms with Gasteiger partial charge in [-0.05, 0) is 37.5 Å². The highest BCUT2D eigenvalue weighted by Gasteiger charge is 2.24. The van der Waals surface area contributed by atoms with E-state index in [4.69, 9.17) is 11.7 Å². The Kier molecular flexibility index (Phi) is 4.27. The van der Waals surface area contributed by atoms with E-state index in [0.717, 1.165) is 17.0 Å². The number of para-hydroxylation sites is 1. The molecule has 0 fully saturated rings. The van der Waals surface area contributed by atoms with Crippen LogP contribution in [-0.2, 0) is 4.79 Å². The average Bonchev–Trinajstić information content (AvgIpc) is 2.47. The highest BCUT2D eigenvalue weighted by molar-refractivity contribution is 6.08. The molecule has 4 N–H and O–H groups in total. The molecule has 6 nitrogen and oxygen atoms in total. The number of hydrogen-bond acceptors (Lipinski definition) is 4. The van der Waals surface area contributed by atoms with Crippen molar-refractivity contribution in [2.24, 2.45) is 22.0 Å². The van der Waals surface area contributed by atoms with E-state index in [-0.39, 0.29) is 5.91 Å². The number of anilines is 1. The molecule has 0 radical (unpaired) electrons. The third-order valence-electron chi connectivity index (χ3n) is 3.16. The van der Waals surface area contributed by atoms with Gasteiger partial charge in [0.05, 0.1) is 17.0 Å². The summed E-state index contributed by atoms with van der Waals surface area (Å²) >= 11 is 0. The summed E-state index contributed by atoms with van der Waals surface area (Å²) in [7, 11) is 0. The number of rotatable bonds is 3. The number of nitrogens with two attached hydrogens (primary N) is 2. The highest BCUT2D eigenvalue weighted by Crippen LogP contribution is 2.28. The van der Waals surface area contributed by atoms with E-state index in [0.29, 0.717) is 23.4 Å². The largest absolute Gasteiger partial charge is 0.305 e. The molecule has 20 heavy (non-hydrogen) atoms. The van der Waals surface area contributed by atoms with E-state index in [2.05, 4.69) is 10.3 Å². The first-order chi connectivity index (χ1) is 9.65. The van der Waals surface area contributed by atoms with Gasteiger partial charge in [0, 0.05) is 0 Å². The molecular formula is C14H17N5O. The Balaban J connectivity index is 2.37. The zero-order valence-corrected chi connectivity index (χ0v) is 11.3. The minimum atomic E-state index is -0.313. The van der Waals surface area contributed by atoms with E-state index in [1.807, 2.05) is 31.2 Å². The zero-order valence-electron chi connectivity index (χ0n) is 11.3. The Hall–Kier alpha value is -2.47. The maximum absolute atomic E-state index is 12.6. The first-order valence-corrected chi connectivity index (χ1v) is 6.30. The highest BCUT2D eigenvalue weighted by atomic mass is 16.2. The van der Waals surface area contributed by atoms with Gasteiger partial charge in [0.2, 0.25) is 0 Å². The van der Waals surface area contributed by atoms with Crippen LogP contribution in [0.3, 0.4) is 0 Å². The standard InChI is InChI=1S/C14H17N5O/c1-10-6-5-9-12(17-18-15)13(10)14(20)19(16)11-7-3-2-4-8-11/h2-4,6-8H,5,9,16H2,1H3,(H2,15,17). The summed E-state index contributed by atoms with van der Waals surface area (Å²) < 4.78 is 0. The molecule has 0 aromatic heterocycles. The number of carbonyl (C=O) groups excluding carboxylic acids is 1. The molecule has 0 saturated carbocycles. The normalized spacial score (nSPS) is 15.4. The van der Waals surface area contributed by atoms with Gasteiger partial charge in [0.15, 0.2) is 0 Å². The predicted octanol–water partition coefficient (Wildman–Crippen LogP) is 2.21. The molecule has 6 heteroatoms. The molecule has 1 aromatic rings. The van der Waals surface area contributed by atoms with Crippen LogP contribution in [-0.4, -0.2) is 5.91 Å². The summed E-state index contributed by atoms with van der Waals surface area (Å²) in [4.78, 5) is 12.6. The molecular weight excluding hydrogens is 254 g/mol. The van der Waals surface area contributed by atoms with Gasteiger partial charge >= 0.3 is 0 Å². The quantitative estimate of drug-likeness (QED) is 0.381. The number of carbonyl (C=O) groups is 1. The summed E-state index contributed by atoms with van der Waals surface area (Å²) in [5, 5.41) is 8.25. The minimum absolute atomic E-state index is 0.313. The van der Waals surface area contributed by atoms with Crippen molar-refractivity contribution in [3.63, 3.8) is 0 Å². The lowest BCUT2D eigenvalue weighted by Crippen LogP contribution is -2.39. The van der Waals surface area contributed by atoms with Gasteiger partial charge in [0.25, 0.3) is 5.91 Å². The van der Waals surface area contributed by atoms with E-state index < -0.39 is 0 Å². The molecule has 0 spiro atoms. The number of allylic oxidation sites excluding steroid dienone is 2. The first-order valence-electron chi connectivity index (χ1n) is 6.30. The second-order valence-corrected chi connectivity index (χ2v) is 4.47. The van der Waals surface area contributed by atoms with Crippen molar-refractivity contribution in [3.05, 3.63) is 53.3 Å². The van der Waals surface area contributed by atoms with E-state index in [1.165, 1.54) is 0 Å². The fourth-order valence-corrected chi connectivity index (χ4v) is 2.17. The van der Waals surface area contributed by atoms with Crippen molar-refractivity contribution in [2.75, 3.05) is 5.01 Å². The third kappa shape index (κ3) is 2.75. The Labute approximate surface area is 117 Å². The Morgan fingerprint density at radius 2 is 2.00 bits per heavy atom. The lowest BCUT2D eigenvalue weighted by atomic mass is 9.95. The van der Waals surface area contributed by atoms with E-state index in [9.17, 15) is 4.79 Å². The fourth-order valence-electron chi connectivity index (χ4n) is 2.17. The Morgan fingerprint density at radius 3 is 2.65 bits per heavy atom. The van der Waals surface area contributed by atoms with Crippen molar-refractivity contribution < 1.29 is 4.79 Å². The summed E-state index contributed by atoms with van der Waals surface area (Å²) in [6, 6.07) is 9.04. The number of hydrogen-bond donors (Lipinski definition) is 2. The monoisotopic (exact) mass is 271 g/mol. The molecule has 1 aliphatic rings. The fraction of sp³-hybridized carbons (Fsp3) is 0.214. The van der Waals surface area contributed by atoms with Gasteiger partial charge < -0.3 is 5.84 Å². The summed E-state index contributed by atoms with van der Waals surface area (Å²) in [6.45, 7) is 1.86. The second kappa shape index (κ2) is 6.12. The number of hydrazine groups is 1. The van der Waals surface area contributed by atoms with Crippen LogP contribution >= 0.6 is 0 Å². The lowest BCUT2D eigenvalue weighted by Gasteiger charge is -2.22. The zero-order chi connectivity index (χ0) is 14.5. The van der Waals surface area contributed by atoms with Crippen LogP contribution in [0.25, 0.3) is 0 Å². The predicted molar refractivity (Wildman–Crippen MR) is 77.2 cm³/mol. The Morgan fingerprint density at radius 1 is 1.30 bits per heavy atom. The van der Waals surface area contributed by atoms with Gasteiger partial charge in [0.1, 0.15) is 0 Å². The molecule has 0 bridgehead atoms. The molecule has 0 heterocycles. The van der Waals surface area contributed by atoms with Crippen LogP contribution in [0.4, 0.5) is 5.69 Å². The van der Waals surface area contributed by atoms with Crippen molar-refractivity contribution in [3.8, 4) is 0 Å². The molecule has 1 aliphatic carbocycles. The summed E-state index contributed by atoms with van der Waals surface area (Å²) in [5.41, 5.74) is 2.50. The first kappa shape index (κ1) is 14.0. The van der Waals surface area contributed by atoms with Crippen LogP contribution in [0, 0.1) is 0 Å². The van der Waals surface area contributed by atoms with Crippen LogP contribution in [0.2, 0.25) is 0 Å². The van der Waals surface area contributed by atoms with Gasteiger partial charge in [-0.25, -0.2) is 10.9 Å². The molecule has 0 atom stereocenters. The maximum Gasteiger partial charge on any atom is 0.274 e. The van der Waals surface area contributed by atoms with Crippen molar-refractivity contribution in [1.29, 1.82) is 0 Å². The van der Waals surface area contributed by atoms with Gasteiger partial charge in [-0.15, -0.1) is 5.11 Å². The van der Waals surface area contributed by atoms with Crippen molar-refractivity contribution >= 4 is 11.6 Å². The van der Waals surface area contributed by atoms with Crippen molar-refractivity contribution in [2.45, 2.75) is 19.8 Å². The van der Waals surface area contributed by atoms with Gasteiger partial charge in [-0.1, -0.05) is 29.5 Å². The molecule has 0 aliphatic heterocycles. The lowest BCUT2D eigenvalue weighted by molar-refractivity contribution is -0.115. The smallest absolute Gasteiger partial charge is 0.274 e.